The Kier molecular flexibility index (Phi) is 7.03. The summed E-state index contributed by atoms with van der Waals surface area (Å²) in [5, 5.41) is 0. The quantitative estimate of drug-likeness (QED) is 0.599. The summed E-state index contributed by atoms with van der Waals surface area (Å²) in [5.74, 6) is 0. The molecule has 0 N–H and O–H groups in total. The number of rotatable bonds is 7. The van der Waals surface area contributed by atoms with E-state index in [0.717, 1.165) is 0 Å². The Morgan fingerprint density at radius 2 is 1.53 bits per heavy atom. The predicted molar refractivity (Wildman–Crippen MR) is 67.3 cm³/mol. The van der Waals surface area contributed by atoms with Gasteiger partial charge in [0.05, 0.1) is 0 Å². The van der Waals surface area contributed by atoms with Crippen molar-refractivity contribution in [2.45, 2.75) is 44.9 Å². The summed E-state index contributed by atoms with van der Waals surface area (Å²) in [5.41, 5.74) is 0. The van der Waals surface area contributed by atoms with E-state index in [1.807, 2.05) is 0 Å². The molecule has 1 aliphatic rings. The minimum absolute atomic E-state index is 1.25. The maximum atomic E-state index is 2.65. The highest BCUT2D eigenvalue weighted by molar-refractivity contribution is 4.64. The van der Waals surface area contributed by atoms with Crippen LogP contribution in [0.3, 0.4) is 0 Å². The van der Waals surface area contributed by atoms with Crippen molar-refractivity contribution in [3.8, 4) is 0 Å². The molecule has 0 spiro atoms. The van der Waals surface area contributed by atoms with Gasteiger partial charge in [-0.05, 0) is 66.0 Å². The summed E-state index contributed by atoms with van der Waals surface area (Å²) >= 11 is 0. The molecule has 1 rings (SSSR count). The first kappa shape index (κ1) is 13.0. The number of hydrogen-bond donors (Lipinski definition) is 0. The fourth-order valence-corrected chi connectivity index (χ4v) is 2.30. The van der Waals surface area contributed by atoms with E-state index in [-0.39, 0.29) is 0 Å². The lowest BCUT2D eigenvalue weighted by Gasteiger charge is -2.26. The molecule has 1 saturated heterocycles. The van der Waals surface area contributed by atoms with Gasteiger partial charge in [0.25, 0.3) is 0 Å². The Morgan fingerprint density at radius 1 is 0.867 bits per heavy atom. The zero-order valence-corrected chi connectivity index (χ0v) is 10.7. The molecule has 0 aliphatic carbocycles. The largest absolute Gasteiger partial charge is 0.309 e. The molecule has 2 heteroatoms. The van der Waals surface area contributed by atoms with Gasteiger partial charge in [-0.3, -0.25) is 0 Å². The van der Waals surface area contributed by atoms with Crippen molar-refractivity contribution in [2.75, 3.05) is 40.3 Å². The van der Waals surface area contributed by atoms with Gasteiger partial charge >= 0.3 is 0 Å². The predicted octanol–water partition coefficient (Wildman–Crippen LogP) is 2.59. The second-order valence-electron chi connectivity index (χ2n) is 5.12. The van der Waals surface area contributed by atoms with E-state index in [1.165, 1.54) is 71.1 Å². The Morgan fingerprint density at radius 3 is 2.20 bits per heavy atom. The Bertz CT molecular complexity index is 139. The van der Waals surface area contributed by atoms with Gasteiger partial charge in [0.1, 0.15) is 0 Å². The number of nitrogens with zero attached hydrogens (tertiary/aromatic N) is 2. The average Bonchev–Trinajstić information content (AvgIpc) is 2.24. The fourth-order valence-electron chi connectivity index (χ4n) is 2.30. The van der Waals surface area contributed by atoms with E-state index in [0.29, 0.717) is 0 Å². The van der Waals surface area contributed by atoms with Gasteiger partial charge < -0.3 is 9.80 Å². The molecule has 0 atom stereocenters. The highest BCUT2D eigenvalue weighted by Gasteiger charge is 2.08. The van der Waals surface area contributed by atoms with Crippen LogP contribution in [0.15, 0.2) is 0 Å². The van der Waals surface area contributed by atoms with Crippen LogP contribution in [0, 0.1) is 0 Å². The van der Waals surface area contributed by atoms with Crippen LogP contribution in [0.1, 0.15) is 44.9 Å². The van der Waals surface area contributed by atoms with Crippen molar-refractivity contribution in [1.29, 1.82) is 0 Å². The van der Waals surface area contributed by atoms with E-state index >= 15 is 0 Å². The molecule has 90 valence electrons. The second-order valence-corrected chi connectivity index (χ2v) is 5.12. The fraction of sp³-hybridized carbons (Fsp3) is 1.00. The lowest BCUT2D eigenvalue weighted by atomic mass is 10.1. The van der Waals surface area contributed by atoms with Crippen LogP contribution in [0.25, 0.3) is 0 Å². The zero-order valence-electron chi connectivity index (χ0n) is 10.7. The molecule has 0 saturated carbocycles. The van der Waals surface area contributed by atoms with Gasteiger partial charge in [0.2, 0.25) is 0 Å². The zero-order chi connectivity index (χ0) is 10.9. The number of piperidine rings is 1. The SMILES string of the molecule is CN(C)CCCCCCN1CCCCC1. The number of hydrogen-bond acceptors (Lipinski definition) is 2. The Labute approximate surface area is 95.6 Å². The highest BCUT2D eigenvalue weighted by Crippen LogP contribution is 2.10. The van der Waals surface area contributed by atoms with Crippen molar-refractivity contribution in [3.63, 3.8) is 0 Å². The molecule has 1 aliphatic heterocycles. The monoisotopic (exact) mass is 212 g/mol. The van der Waals surface area contributed by atoms with E-state index in [9.17, 15) is 0 Å². The standard InChI is InChI=1S/C13H28N2/c1-14(2)10-6-3-4-7-11-15-12-8-5-9-13-15/h3-13H2,1-2H3. The van der Waals surface area contributed by atoms with Gasteiger partial charge in [-0.15, -0.1) is 0 Å². The molecule has 0 aromatic heterocycles. The van der Waals surface area contributed by atoms with Crippen molar-refractivity contribution >= 4 is 0 Å². The molecule has 15 heavy (non-hydrogen) atoms. The van der Waals surface area contributed by atoms with Crippen molar-refractivity contribution in [1.82, 2.24) is 9.80 Å². The van der Waals surface area contributed by atoms with Crippen LogP contribution in [-0.2, 0) is 0 Å². The van der Waals surface area contributed by atoms with Gasteiger partial charge in [0, 0.05) is 0 Å². The maximum absolute atomic E-state index is 2.65. The van der Waals surface area contributed by atoms with Gasteiger partial charge in [-0.1, -0.05) is 19.3 Å². The highest BCUT2D eigenvalue weighted by atomic mass is 15.1. The minimum atomic E-state index is 1.25. The number of unbranched alkanes of at least 4 members (excludes halogenated alkanes) is 3. The summed E-state index contributed by atoms with van der Waals surface area (Å²) in [6, 6.07) is 0. The van der Waals surface area contributed by atoms with Crippen LogP contribution in [0.2, 0.25) is 0 Å². The van der Waals surface area contributed by atoms with Crippen LogP contribution in [0.5, 0.6) is 0 Å². The van der Waals surface area contributed by atoms with Gasteiger partial charge in [-0.2, -0.15) is 0 Å². The first-order valence-electron chi connectivity index (χ1n) is 6.66. The van der Waals surface area contributed by atoms with E-state index in [1.54, 1.807) is 0 Å². The summed E-state index contributed by atoms with van der Waals surface area (Å²) < 4.78 is 0. The van der Waals surface area contributed by atoms with Crippen LogP contribution >= 0.6 is 0 Å². The summed E-state index contributed by atoms with van der Waals surface area (Å²) in [7, 11) is 4.32. The third-order valence-corrected chi connectivity index (χ3v) is 3.28. The van der Waals surface area contributed by atoms with E-state index in [2.05, 4.69) is 23.9 Å². The third-order valence-electron chi connectivity index (χ3n) is 3.28. The number of likely N-dealkylation sites (tertiary alicyclic amines) is 1. The second kappa shape index (κ2) is 8.12. The smallest absolute Gasteiger partial charge is 0.00187 e. The molecular weight excluding hydrogens is 184 g/mol. The average molecular weight is 212 g/mol. The van der Waals surface area contributed by atoms with E-state index in [4.69, 9.17) is 0 Å². The molecule has 0 bridgehead atoms. The summed E-state index contributed by atoms with van der Waals surface area (Å²) in [4.78, 5) is 4.93. The summed E-state index contributed by atoms with van der Waals surface area (Å²) in [6.45, 7) is 5.32. The molecule has 2 nitrogen and oxygen atoms in total. The Hall–Kier alpha value is -0.0800. The van der Waals surface area contributed by atoms with Crippen molar-refractivity contribution in [3.05, 3.63) is 0 Å². The van der Waals surface area contributed by atoms with E-state index < -0.39 is 0 Å². The molecule has 0 aromatic rings. The Balaban J connectivity index is 1.83. The van der Waals surface area contributed by atoms with Crippen LogP contribution < -0.4 is 0 Å². The summed E-state index contributed by atoms with van der Waals surface area (Å²) in [6.07, 6.45) is 9.93. The molecule has 1 fully saturated rings. The molecule has 0 amide bonds. The van der Waals surface area contributed by atoms with Gasteiger partial charge in [-0.25, -0.2) is 0 Å². The van der Waals surface area contributed by atoms with Crippen molar-refractivity contribution < 1.29 is 0 Å². The molecule has 0 radical (unpaired) electrons. The van der Waals surface area contributed by atoms with Crippen molar-refractivity contribution in [2.24, 2.45) is 0 Å². The lowest BCUT2D eigenvalue weighted by molar-refractivity contribution is 0.223. The molecule has 0 aromatic carbocycles. The minimum Gasteiger partial charge on any atom is -0.309 e. The first-order valence-corrected chi connectivity index (χ1v) is 6.66. The topological polar surface area (TPSA) is 6.48 Å². The van der Waals surface area contributed by atoms with Crippen LogP contribution in [0.4, 0.5) is 0 Å². The third kappa shape index (κ3) is 6.91. The van der Waals surface area contributed by atoms with Crippen LogP contribution in [-0.4, -0.2) is 50.1 Å². The normalized spacial score (nSPS) is 18.6. The molecular formula is C13H28N2. The maximum Gasteiger partial charge on any atom is -0.00187 e. The lowest BCUT2D eigenvalue weighted by Crippen LogP contribution is -2.30. The molecule has 1 heterocycles. The van der Waals surface area contributed by atoms with Gasteiger partial charge in [0.15, 0.2) is 0 Å². The first-order chi connectivity index (χ1) is 7.29. The molecule has 0 unspecified atom stereocenters.